The van der Waals surface area contributed by atoms with Crippen molar-refractivity contribution < 1.29 is 4.42 Å². The highest BCUT2D eigenvalue weighted by Crippen LogP contribution is 2.62. The highest BCUT2D eigenvalue weighted by Gasteiger charge is 2.58. The van der Waals surface area contributed by atoms with E-state index in [0.29, 0.717) is 0 Å². The number of rotatable bonds is 5. The Hall–Kier alpha value is -7.76. The van der Waals surface area contributed by atoms with Crippen molar-refractivity contribution in [2.75, 3.05) is 14.7 Å². The number of anilines is 8. The Morgan fingerprint density at radius 1 is 0.474 bits per heavy atom. The smallest absolute Gasteiger partial charge is 0.252 e. The summed E-state index contributed by atoms with van der Waals surface area (Å²) >= 11 is 0. The average molecular weight is 988 g/mol. The lowest BCUT2D eigenvalue weighted by Gasteiger charge is -2.50. The minimum Gasteiger partial charge on any atom is -0.454 e. The van der Waals surface area contributed by atoms with E-state index in [1.54, 1.807) is 0 Å². The van der Waals surface area contributed by atoms with Crippen LogP contribution in [-0.2, 0) is 16.2 Å². The summed E-state index contributed by atoms with van der Waals surface area (Å²) in [4.78, 5) is 7.95. The van der Waals surface area contributed by atoms with Gasteiger partial charge in [0, 0.05) is 55.9 Å². The zero-order valence-electron chi connectivity index (χ0n) is 45.6. The Morgan fingerprint density at radius 3 is 1.84 bits per heavy atom. The van der Waals surface area contributed by atoms with Gasteiger partial charge < -0.3 is 19.1 Å². The maximum atomic E-state index is 7.06. The standard InChI is InChI=1S/C71H66BN3O/c1-45-39-63-66-64(40-45)74(61-27-20-26-53-52-25-16-17-28-65(52)76-67(53)61)62-44-51(75-59-34-29-48(46-21-12-10-13-22-46)41-55(59)70(8)37-18-19-38-71(70,75)9)32-33-56(62)72(66)57-43-50(69(5,6)7)31-36-60(57)73(63)58-35-30-49(68(2,3)4)42-54(58)47-23-14-11-15-24-47/h10-17,20-36,39-44H,18-19,37-38H2,1-9H3. The van der Waals surface area contributed by atoms with E-state index < -0.39 is 0 Å². The van der Waals surface area contributed by atoms with Crippen LogP contribution in [0, 0.1) is 6.92 Å². The highest BCUT2D eigenvalue weighted by molar-refractivity contribution is 7.00. The van der Waals surface area contributed by atoms with Crippen LogP contribution < -0.4 is 31.1 Å². The van der Waals surface area contributed by atoms with Gasteiger partial charge in [0.25, 0.3) is 6.71 Å². The molecular weight excluding hydrogens is 922 g/mol. The number of benzene rings is 9. The van der Waals surface area contributed by atoms with Crippen molar-refractivity contribution >= 4 is 90.5 Å². The third-order valence-electron chi connectivity index (χ3n) is 18.3. The summed E-state index contributed by atoms with van der Waals surface area (Å²) in [7, 11) is 0. The minimum absolute atomic E-state index is 0.0346. The lowest BCUT2D eigenvalue weighted by atomic mass is 9.33. The number of furan rings is 1. The van der Waals surface area contributed by atoms with Gasteiger partial charge in [-0.05, 0) is 160 Å². The second kappa shape index (κ2) is 16.6. The number of fused-ring (bicyclic) bond motifs is 10. The molecule has 5 heteroatoms. The molecule has 0 amide bonds. The first-order valence-corrected chi connectivity index (χ1v) is 27.7. The van der Waals surface area contributed by atoms with Crippen molar-refractivity contribution in [2.45, 2.75) is 110 Å². The zero-order valence-corrected chi connectivity index (χ0v) is 45.6. The van der Waals surface area contributed by atoms with Crippen molar-refractivity contribution in [3.05, 3.63) is 210 Å². The van der Waals surface area contributed by atoms with E-state index in [2.05, 4.69) is 265 Å². The first-order chi connectivity index (χ1) is 36.6. The Balaban J connectivity index is 1.06. The van der Waals surface area contributed by atoms with Gasteiger partial charge >= 0.3 is 0 Å². The van der Waals surface area contributed by atoms with Crippen LogP contribution in [0.5, 0.6) is 0 Å². The average Bonchev–Trinajstić information content (AvgIpc) is 4.05. The van der Waals surface area contributed by atoms with Gasteiger partial charge in [-0.1, -0.05) is 183 Å². The summed E-state index contributed by atoms with van der Waals surface area (Å²) in [6.45, 7) is 21.4. The summed E-state index contributed by atoms with van der Waals surface area (Å²) in [6, 6.07) is 71.5. The first-order valence-electron chi connectivity index (χ1n) is 27.7. The van der Waals surface area contributed by atoms with E-state index in [0.717, 1.165) is 40.5 Å². The summed E-state index contributed by atoms with van der Waals surface area (Å²) in [6.07, 6.45) is 4.71. The van der Waals surface area contributed by atoms with Gasteiger partial charge in [-0.25, -0.2) is 0 Å². The fourth-order valence-corrected chi connectivity index (χ4v) is 14.2. The molecule has 1 saturated carbocycles. The third-order valence-corrected chi connectivity index (χ3v) is 18.3. The largest absolute Gasteiger partial charge is 0.454 e. The molecular formula is C71H66BN3O. The molecule has 0 N–H and O–H groups in total. The van der Waals surface area contributed by atoms with E-state index in [1.807, 2.05) is 0 Å². The highest BCUT2D eigenvalue weighted by atomic mass is 16.3. The molecule has 4 nitrogen and oxygen atoms in total. The van der Waals surface area contributed by atoms with Crippen LogP contribution >= 0.6 is 0 Å². The summed E-state index contributed by atoms with van der Waals surface area (Å²) in [5.41, 5.74) is 25.3. The predicted molar refractivity (Wildman–Crippen MR) is 324 cm³/mol. The molecule has 2 atom stereocenters. The molecule has 0 radical (unpaired) electrons. The van der Waals surface area contributed by atoms with E-state index in [-0.39, 0.29) is 28.5 Å². The number of para-hydroxylation sites is 2. The second-order valence-electron chi connectivity index (χ2n) is 24.9. The molecule has 1 fully saturated rings. The van der Waals surface area contributed by atoms with Gasteiger partial charge in [0.05, 0.1) is 16.9 Å². The van der Waals surface area contributed by atoms with E-state index >= 15 is 0 Å². The molecule has 0 saturated heterocycles. The van der Waals surface area contributed by atoms with Gasteiger partial charge in [-0.3, -0.25) is 0 Å². The lowest BCUT2D eigenvalue weighted by Crippen LogP contribution is -2.61. The fourth-order valence-electron chi connectivity index (χ4n) is 14.2. The van der Waals surface area contributed by atoms with E-state index in [4.69, 9.17) is 4.42 Å². The van der Waals surface area contributed by atoms with Crippen LogP contribution in [-0.4, -0.2) is 12.3 Å². The number of nitrogens with zero attached hydrogens (tertiary/aromatic N) is 3. The normalized spacial score (nSPS) is 18.6. The summed E-state index contributed by atoms with van der Waals surface area (Å²) in [5.74, 6) is 0. The molecule has 14 rings (SSSR count). The number of hydrogen-bond acceptors (Lipinski definition) is 4. The van der Waals surface area contributed by atoms with E-state index in [1.165, 1.54) is 114 Å². The van der Waals surface area contributed by atoms with Crippen molar-refractivity contribution in [1.82, 2.24) is 0 Å². The van der Waals surface area contributed by atoms with Crippen molar-refractivity contribution in [3.63, 3.8) is 0 Å². The minimum atomic E-state index is -0.143. The van der Waals surface area contributed by atoms with Crippen LogP contribution in [0.25, 0.3) is 44.2 Å². The Morgan fingerprint density at radius 2 is 1.11 bits per heavy atom. The van der Waals surface area contributed by atoms with Crippen molar-refractivity contribution in [1.29, 1.82) is 0 Å². The SMILES string of the molecule is Cc1cc2c3c(c1)N(c1cccc4c1oc1ccccc14)c1cc(N4c5ccc(-c6ccccc6)cc5C5(C)CCCCC45C)ccc1B3c1cc(C(C)(C)C)ccc1N2c1ccc(C(C)(C)C)cc1-c1ccccc1. The Bertz CT molecular complexity index is 3990. The van der Waals surface area contributed by atoms with Crippen LogP contribution in [0.3, 0.4) is 0 Å². The van der Waals surface area contributed by atoms with Gasteiger partial charge in [-0.2, -0.15) is 0 Å². The topological polar surface area (TPSA) is 22.9 Å². The van der Waals surface area contributed by atoms with Gasteiger partial charge in [0.1, 0.15) is 5.58 Å². The van der Waals surface area contributed by atoms with Gasteiger partial charge in [-0.15, -0.1) is 0 Å². The van der Waals surface area contributed by atoms with Gasteiger partial charge in [0.2, 0.25) is 0 Å². The molecule has 0 bridgehead atoms. The molecule has 4 heterocycles. The third kappa shape index (κ3) is 6.83. The van der Waals surface area contributed by atoms with Gasteiger partial charge in [0.15, 0.2) is 5.58 Å². The maximum absolute atomic E-state index is 7.06. The predicted octanol–water partition coefficient (Wildman–Crippen LogP) is 17.6. The molecule has 1 aromatic heterocycles. The monoisotopic (exact) mass is 988 g/mol. The number of hydrogen-bond donors (Lipinski definition) is 0. The Kier molecular flexibility index (Phi) is 10.2. The van der Waals surface area contributed by atoms with Crippen LogP contribution in [0.4, 0.5) is 45.5 Å². The van der Waals surface area contributed by atoms with Crippen molar-refractivity contribution in [2.24, 2.45) is 0 Å². The van der Waals surface area contributed by atoms with E-state index in [9.17, 15) is 0 Å². The summed E-state index contributed by atoms with van der Waals surface area (Å²) in [5, 5.41) is 2.25. The number of aryl methyl sites for hydroxylation is 1. The quantitative estimate of drug-likeness (QED) is 0.160. The first kappa shape index (κ1) is 46.8. The molecule has 3 aliphatic heterocycles. The fraction of sp³-hybridized carbons (Fsp3) is 0.239. The molecule has 4 aliphatic rings. The lowest BCUT2D eigenvalue weighted by molar-refractivity contribution is 0.195. The second-order valence-corrected chi connectivity index (χ2v) is 24.9. The molecule has 374 valence electrons. The maximum Gasteiger partial charge on any atom is 0.252 e. The van der Waals surface area contributed by atoms with Crippen LogP contribution in [0.15, 0.2) is 192 Å². The van der Waals surface area contributed by atoms with Crippen LogP contribution in [0.2, 0.25) is 0 Å². The zero-order chi connectivity index (χ0) is 52.0. The molecule has 76 heavy (non-hydrogen) atoms. The molecule has 0 spiro atoms. The Labute approximate surface area is 449 Å². The molecule has 9 aromatic carbocycles. The van der Waals surface area contributed by atoms with Crippen molar-refractivity contribution in [3.8, 4) is 22.3 Å². The molecule has 1 aliphatic carbocycles. The summed E-state index contributed by atoms with van der Waals surface area (Å²) < 4.78 is 7.06. The molecule has 2 unspecified atom stereocenters. The van der Waals surface area contributed by atoms with Crippen LogP contribution in [0.1, 0.15) is 103 Å². The molecule has 10 aromatic rings.